The van der Waals surface area contributed by atoms with Crippen LogP contribution in [-0.2, 0) is 6.42 Å². The molecule has 0 spiro atoms. The summed E-state index contributed by atoms with van der Waals surface area (Å²) in [7, 11) is 0. The first-order valence-electron chi connectivity index (χ1n) is 8.85. The van der Waals surface area contributed by atoms with E-state index in [9.17, 15) is 0 Å². The molecule has 0 saturated carbocycles. The molecule has 118 valence electrons. The van der Waals surface area contributed by atoms with Gasteiger partial charge in [-0.15, -0.1) is 0 Å². The lowest BCUT2D eigenvalue weighted by Crippen LogP contribution is -2.37. The monoisotopic (exact) mass is 288 g/mol. The number of piperidine rings is 1. The number of benzene rings is 1. The highest BCUT2D eigenvalue weighted by Crippen LogP contribution is 2.17. The van der Waals surface area contributed by atoms with Crippen molar-refractivity contribution in [2.75, 3.05) is 32.7 Å². The van der Waals surface area contributed by atoms with Gasteiger partial charge in [-0.2, -0.15) is 0 Å². The second-order valence-electron chi connectivity index (χ2n) is 6.43. The lowest BCUT2D eigenvalue weighted by molar-refractivity contribution is 0.180. The SMILES string of the molecule is CCCNCC1CCN(CCCCc2ccccc2)CC1. The minimum Gasteiger partial charge on any atom is -0.316 e. The average Bonchev–Trinajstić information content (AvgIpc) is 2.54. The van der Waals surface area contributed by atoms with Gasteiger partial charge in [-0.1, -0.05) is 37.3 Å². The number of hydrogen-bond acceptors (Lipinski definition) is 2. The highest BCUT2D eigenvalue weighted by molar-refractivity contribution is 5.14. The summed E-state index contributed by atoms with van der Waals surface area (Å²) in [5.41, 5.74) is 1.48. The van der Waals surface area contributed by atoms with Crippen LogP contribution < -0.4 is 5.32 Å². The minimum absolute atomic E-state index is 0.914. The molecule has 0 amide bonds. The molecule has 1 heterocycles. The molecule has 0 aromatic heterocycles. The smallest absolute Gasteiger partial charge is 0.00156 e. The van der Waals surface area contributed by atoms with Gasteiger partial charge in [0.15, 0.2) is 0 Å². The van der Waals surface area contributed by atoms with E-state index >= 15 is 0 Å². The second kappa shape index (κ2) is 9.97. The summed E-state index contributed by atoms with van der Waals surface area (Å²) in [4.78, 5) is 2.67. The van der Waals surface area contributed by atoms with Gasteiger partial charge in [-0.25, -0.2) is 0 Å². The lowest BCUT2D eigenvalue weighted by atomic mass is 9.96. The van der Waals surface area contributed by atoms with Gasteiger partial charge in [0.05, 0.1) is 0 Å². The maximum absolute atomic E-state index is 3.57. The van der Waals surface area contributed by atoms with Crippen molar-refractivity contribution in [3.05, 3.63) is 35.9 Å². The van der Waals surface area contributed by atoms with E-state index in [0.717, 1.165) is 5.92 Å². The molecule has 21 heavy (non-hydrogen) atoms. The van der Waals surface area contributed by atoms with E-state index < -0.39 is 0 Å². The van der Waals surface area contributed by atoms with Gasteiger partial charge >= 0.3 is 0 Å². The van der Waals surface area contributed by atoms with Crippen molar-refractivity contribution in [2.45, 2.75) is 45.4 Å². The zero-order valence-electron chi connectivity index (χ0n) is 13.7. The summed E-state index contributed by atoms with van der Waals surface area (Å²) in [5, 5.41) is 3.57. The normalized spacial score (nSPS) is 17.2. The van der Waals surface area contributed by atoms with Gasteiger partial charge in [-0.3, -0.25) is 0 Å². The predicted octanol–water partition coefficient (Wildman–Crippen LogP) is 3.72. The summed E-state index contributed by atoms with van der Waals surface area (Å²) in [6, 6.07) is 10.9. The Labute approximate surface area is 130 Å². The van der Waals surface area contributed by atoms with Crippen molar-refractivity contribution >= 4 is 0 Å². The van der Waals surface area contributed by atoms with Gasteiger partial charge < -0.3 is 10.2 Å². The Hall–Kier alpha value is -0.860. The number of rotatable bonds is 9. The molecule has 1 aromatic carbocycles. The van der Waals surface area contributed by atoms with Gasteiger partial charge in [0.25, 0.3) is 0 Å². The first kappa shape index (κ1) is 16.5. The van der Waals surface area contributed by atoms with Crippen molar-refractivity contribution in [1.29, 1.82) is 0 Å². The molecule has 0 aliphatic carbocycles. The predicted molar refractivity (Wildman–Crippen MR) is 91.7 cm³/mol. The maximum Gasteiger partial charge on any atom is -0.00156 e. The second-order valence-corrected chi connectivity index (χ2v) is 6.43. The third-order valence-electron chi connectivity index (χ3n) is 4.60. The van der Waals surface area contributed by atoms with Crippen LogP contribution in [0.5, 0.6) is 0 Å². The number of nitrogens with one attached hydrogen (secondary N) is 1. The fourth-order valence-corrected chi connectivity index (χ4v) is 3.21. The molecule has 1 aromatic rings. The summed E-state index contributed by atoms with van der Waals surface area (Å²) in [6.45, 7) is 8.57. The zero-order chi connectivity index (χ0) is 14.8. The van der Waals surface area contributed by atoms with E-state index in [0.29, 0.717) is 0 Å². The highest BCUT2D eigenvalue weighted by atomic mass is 15.1. The molecule has 0 atom stereocenters. The summed E-state index contributed by atoms with van der Waals surface area (Å²) in [6.07, 6.45) is 7.92. The summed E-state index contributed by atoms with van der Waals surface area (Å²) >= 11 is 0. The Morgan fingerprint density at radius 1 is 1.10 bits per heavy atom. The molecule has 2 nitrogen and oxygen atoms in total. The standard InChI is InChI=1S/C19H32N2/c1-2-13-20-17-19-11-15-21(16-12-19)14-7-6-10-18-8-4-3-5-9-18/h3-5,8-9,19-20H,2,6-7,10-17H2,1H3. The van der Waals surface area contributed by atoms with E-state index in [4.69, 9.17) is 0 Å². The molecule has 1 aliphatic heterocycles. The Balaban J connectivity index is 1.51. The number of unbranched alkanes of at least 4 members (excludes halogenated alkanes) is 1. The van der Waals surface area contributed by atoms with Gasteiger partial charge in [0.2, 0.25) is 0 Å². The molecule has 2 heteroatoms. The Morgan fingerprint density at radius 3 is 2.57 bits per heavy atom. The largest absolute Gasteiger partial charge is 0.316 e. The van der Waals surface area contributed by atoms with Crippen LogP contribution in [0.25, 0.3) is 0 Å². The fourth-order valence-electron chi connectivity index (χ4n) is 3.21. The van der Waals surface area contributed by atoms with E-state index in [1.54, 1.807) is 0 Å². The first-order chi connectivity index (χ1) is 10.4. The maximum atomic E-state index is 3.57. The van der Waals surface area contributed by atoms with Crippen LogP contribution in [0.2, 0.25) is 0 Å². The third kappa shape index (κ3) is 6.62. The van der Waals surface area contributed by atoms with Crippen LogP contribution in [0.4, 0.5) is 0 Å². The Kier molecular flexibility index (Phi) is 7.83. The van der Waals surface area contributed by atoms with Crippen LogP contribution in [0.15, 0.2) is 30.3 Å². The van der Waals surface area contributed by atoms with Crippen molar-refractivity contribution in [2.24, 2.45) is 5.92 Å². The Bertz CT molecular complexity index is 355. The third-order valence-corrected chi connectivity index (χ3v) is 4.60. The van der Waals surface area contributed by atoms with Crippen molar-refractivity contribution < 1.29 is 0 Å². The summed E-state index contributed by atoms with van der Waals surface area (Å²) < 4.78 is 0. The average molecular weight is 288 g/mol. The molecule has 0 bridgehead atoms. The molecule has 2 rings (SSSR count). The minimum atomic E-state index is 0.914. The number of hydrogen-bond donors (Lipinski definition) is 1. The number of aryl methyl sites for hydroxylation is 1. The lowest BCUT2D eigenvalue weighted by Gasteiger charge is -2.32. The van der Waals surface area contributed by atoms with Crippen molar-refractivity contribution in [1.82, 2.24) is 10.2 Å². The first-order valence-corrected chi connectivity index (χ1v) is 8.85. The number of likely N-dealkylation sites (tertiary alicyclic amines) is 1. The molecule has 0 unspecified atom stereocenters. The van der Waals surface area contributed by atoms with Gasteiger partial charge in [0.1, 0.15) is 0 Å². The van der Waals surface area contributed by atoms with E-state index in [2.05, 4.69) is 47.5 Å². The molecule has 1 N–H and O–H groups in total. The molecule has 1 aliphatic rings. The van der Waals surface area contributed by atoms with Crippen LogP contribution in [0.1, 0.15) is 44.6 Å². The van der Waals surface area contributed by atoms with E-state index in [-0.39, 0.29) is 0 Å². The quantitative estimate of drug-likeness (QED) is 0.697. The number of nitrogens with zero attached hydrogens (tertiary/aromatic N) is 1. The Morgan fingerprint density at radius 2 is 1.86 bits per heavy atom. The summed E-state index contributed by atoms with van der Waals surface area (Å²) in [5.74, 6) is 0.914. The van der Waals surface area contributed by atoms with Crippen molar-refractivity contribution in [3.8, 4) is 0 Å². The molecule has 1 saturated heterocycles. The topological polar surface area (TPSA) is 15.3 Å². The molecular formula is C19H32N2. The van der Waals surface area contributed by atoms with Gasteiger partial charge in [-0.05, 0) is 82.7 Å². The highest BCUT2D eigenvalue weighted by Gasteiger charge is 2.18. The van der Waals surface area contributed by atoms with Gasteiger partial charge in [0, 0.05) is 0 Å². The fraction of sp³-hybridized carbons (Fsp3) is 0.684. The van der Waals surface area contributed by atoms with Crippen LogP contribution in [0, 0.1) is 5.92 Å². The van der Waals surface area contributed by atoms with Crippen LogP contribution in [0.3, 0.4) is 0 Å². The molecule has 0 radical (unpaired) electrons. The van der Waals surface area contributed by atoms with Crippen molar-refractivity contribution in [3.63, 3.8) is 0 Å². The van der Waals surface area contributed by atoms with Crippen LogP contribution in [-0.4, -0.2) is 37.6 Å². The zero-order valence-corrected chi connectivity index (χ0v) is 13.7. The van der Waals surface area contributed by atoms with E-state index in [1.807, 2.05) is 0 Å². The van der Waals surface area contributed by atoms with E-state index in [1.165, 1.54) is 76.8 Å². The molecule has 1 fully saturated rings. The molecular weight excluding hydrogens is 256 g/mol. The van der Waals surface area contributed by atoms with Crippen LogP contribution >= 0.6 is 0 Å².